The third-order valence-corrected chi connectivity index (χ3v) is 2.63. The van der Waals surface area contributed by atoms with Crippen LogP contribution < -0.4 is 4.74 Å². The maximum Gasteiger partial charge on any atom is 0.140 e. The third kappa shape index (κ3) is 2.60. The molecule has 0 aliphatic carbocycles. The fourth-order valence-corrected chi connectivity index (χ4v) is 2.47. The smallest absolute Gasteiger partial charge is 0.140 e. The van der Waals surface area contributed by atoms with E-state index in [1.165, 1.54) is 6.08 Å². The van der Waals surface area contributed by atoms with Gasteiger partial charge in [0.05, 0.1) is 17.7 Å². The molecular weight excluding hydrogens is 310 g/mol. The van der Waals surface area contributed by atoms with Crippen molar-refractivity contribution in [3.8, 4) is 11.8 Å². The number of rotatable bonds is 2. The molecule has 1 rings (SSSR count). The predicted molar refractivity (Wildman–Crippen MR) is 63.0 cm³/mol. The van der Waals surface area contributed by atoms with E-state index >= 15 is 0 Å². The number of halogens is 2. The molecule has 0 heterocycles. The van der Waals surface area contributed by atoms with E-state index in [9.17, 15) is 0 Å². The van der Waals surface area contributed by atoms with Crippen molar-refractivity contribution in [1.82, 2.24) is 0 Å². The molecule has 0 bridgehead atoms. The van der Waals surface area contributed by atoms with Gasteiger partial charge in [0.15, 0.2) is 0 Å². The van der Waals surface area contributed by atoms with Crippen LogP contribution in [0, 0.1) is 11.3 Å². The lowest BCUT2D eigenvalue weighted by atomic mass is 10.2. The first kappa shape index (κ1) is 11.3. The van der Waals surface area contributed by atoms with Crippen molar-refractivity contribution in [2.24, 2.45) is 0 Å². The predicted octanol–water partition coefficient (Wildman–Crippen LogP) is 3.76. The standard InChI is InChI=1S/C10H7Br2NO/c1-14-10-7(3-2-4-13)5-8(11)6-9(10)12/h2-3,5-6H,1H3. The normalized spacial score (nSPS) is 10.1. The van der Waals surface area contributed by atoms with E-state index in [0.29, 0.717) is 0 Å². The van der Waals surface area contributed by atoms with Crippen LogP contribution in [0.3, 0.4) is 0 Å². The summed E-state index contributed by atoms with van der Waals surface area (Å²) >= 11 is 6.74. The maximum atomic E-state index is 8.43. The Balaban J connectivity index is 3.26. The van der Waals surface area contributed by atoms with Gasteiger partial charge in [0.1, 0.15) is 5.75 Å². The highest BCUT2D eigenvalue weighted by atomic mass is 79.9. The minimum atomic E-state index is 0.722. The lowest BCUT2D eigenvalue weighted by Gasteiger charge is -2.07. The maximum absolute atomic E-state index is 8.43. The van der Waals surface area contributed by atoms with Crippen LogP contribution in [0.4, 0.5) is 0 Å². The van der Waals surface area contributed by atoms with Crippen LogP contribution in [0.25, 0.3) is 6.08 Å². The van der Waals surface area contributed by atoms with Gasteiger partial charge in [-0.05, 0) is 34.1 Å². The molecule has 0 spiro atoms. The van der Waals surface area contributed by atoms with E-state index in [0.717, 1.165) is 20.3 Å². The summed E-state index contributed by atoms with van der Waals surface area (Å²) in [4.78, 5) is 0. The number of hydrogen-bond donors (Lipinski definition) is 0. The number of benzene rings is 1. The van der Waals surface area contributed by atoms with Gasteiger partial charge in [0.25, 0.3) is 0 Å². The number of ether oxygens (including phenoxy) is 1. The molecular formula is C10H7Br2NO. The SMILES string of the molecule is COc1c(Br)cc(Br)cc1C=CC#N. The van der Waals surface area contributed by atoms with Gasteiger partial charge < -0.3 is 4.74 Å². The Kier molecular flexibility index (Phi) is 4.18. The van der Waals surface area contributed by atoms with E-state index in [1.807, 2.05) is 18.2 Å². The first-order valence-corrected chi connectivity index (χ1v) is 5.37. The molecule has 0 atom stereocenters. The summed E-state index contributed by atoms with van der Waals surface area (Å²) in [5, 5.41) is 8.43. The van der Waals surface area contributed by atoms with Crippen LogP contribution in [0.5, 0.6) is 5.75 Å². The van der Waals surface area contributed by atoms with Crippen molar-refractivity contribution in [3.63, 3.8) is 0 Å². The first-order valence-electron chi connectivity index (χ1n) is 3.78. The van der Waals surface area contributed by atoms with Gasteiger partial charge in [-0.15, -0.1) is 0 Å². The molecule has 0 radical (unpaired) electrons. The summed E-state index contributed by atoms with van der Waals surface area (Å²) < 4.78 is 6.99. The average molecular weight is 317 g/mol. The van der Waals surface area contributed by atoms with Crippen LogP contribution in [0.2, 0.25) is 0 Å². The summed E-state index contributed by atoms with van der Waals surface area (Å²) in [6.07, 6.45) is 3.12. The molecule has 72 valence electrons. The molecule has 0 saturated carbocycles. The highest BCUT2D eigenvalue weighted by Crippen LogP contribution is 2.33. The molecule has 0 N–H and O–H groups in total. The fraction of sp³-hybridized carbons (Fsp3) is 0.100. The van der Waals surface area contributed by atoms with Gasteiger partial charge in [0, 0.05) is 16.1 Å². The van der Waals surface area contributed by atoms with Crippen molar-refractivity contribution in [1.29, 1.82) is 5.26 Å². The number of nitrogens with zero attached hydrogens (tertiary/aromatic N) is 1. The Hall–Kier alpha value is -0.790. The summed E-state index contributed by atoms with van der Waals surface area (Å²) in [5.41, 5.74) is 0.857. The molecule has 0 aromatic heterocycles. The largest absolute Gasteiger partial charge is 0.495 e. The highest BCUT2D eigenvalue weighted by Gasteiger charge is 2.06. The number of nitriles is 1. The Morgan fingerprint density at radius 1 is 1.43 bits per heavy atom. The monoisotopic (exact) mass is 315 g/mol. The van der Waals surface area contributed by atoms with Crippen LogP contribution in [-0.4, -0.2) is 7.11 Å². The third-order valence-electron chi connectivity index (χ3n) is 1.58. The summed E-state index contributed by atoms with van der Waals surface area (Å²) in [7, 11) is 1.59. The minimum absolute atomic E-state index is 0.722. The number of allylic oxidation sites excluding steroid dienone is 1. The lowest BCUT2D eigenvalue weighted by molar-refractivity contribution is 0.411. The van der Waals surface area contributed by atoms with Crippen molar-refractivity contribution in [2.45, 2.75) is 0 Å². The summed E-state index contributed by atoms with van der Waals surface area (Å²) in [6, 6.07) is 5.72. The summed E-state index contributed by atoms with van der Waals surface area (Å²) in [6.45, 7) is 0. The molecule has 0 unspecified atom stereocenters. The fourth-order valence-electron chi connectivity index (χ4n) is 1.05. The molecule has 14 heavy (non-hydrogen) atoms. The van der Waals surface area contributed by atoms with Gasteiger partial charge >= 0.3 is 0 Å². The van der Waals surface area contributed by atoms with E-state index in [2.05, 4.69) is 31.9 Å². The van der Waals surface area contributed by atoms with Gasteiger partial charge in [0.2, 0.25) is 0 Å². The molecule has 0 saturated heterocycles. The van der Waals surface area contributed by atoms with Crippen molar-refractivity contribution >= 4 is 37.9 Å². The molecule has 2 nitrogen and oxygen atoms in total. The summed E-state index contributed by atoms with van der Waals surface area (Å²) in [5.74, 6) is 0.722. The Labute approximate surface area is 99.4 Å². The van der Waals surface area contributed by atoms with E-state index in [-0.39, 0.29) is 0 Å². The molecule has 0 amide bonds. The zero-order chi connectivity index (χ0) is 10.6. The molecule has 1 aromatic rings. The van der Waals surface area contributed by atoms with E-state index in [1.54, 1.807) is 13.2 Å². The lowest BCUT2D eigenvalue weighted by Crippen LogP contribution is -1.88. The molecule has 0 fully saturated rings. The zero-order valence-corrected chi connectivity index (χ0v) is 10.6. The molecule has 0 aliphatic rings. The van der Waals surface area contributed by atoms with Crippen LogP contribution in [0.1, 0.15) is 5.56 Å². The average Bonchev–Trinajstić information content (AvgIpc) is 2.14. The highest BCUT2D eigenvalue weighted by molar-refractivity contribution is 9.11. The van der Waals surface area contributed by atoms with Gasteiger partial charge in [-0.1, -0.05) is 15.9 Å². The topological polar surface area (TPSA) is 33.0 Å². The molecule has 1 aromatic carbocycles. The van der Waals surface area contributed by atoms with Gasteiger partial charge in [-0.25, -0.2) is 0 Å². The quantitative estimate of drug-likeness (QED) is 0.778. The Bertz CT molecular complexity index is 407. The van der Waals surface area contributed by atoms with E-state index < -0.39 is 0 Å². The minimum Gasteiger partial charge on any atom is -0.495 e. The Morgan fingerprint density at radius 2 is 2.14 bits per heavy atom. The second-order valence-electron chi connectivity index (χ2n) is 2.47. The van der Waals surface area contributed by atoms with Crippen LogP contribution >= 0.6 is 31.9 Å². The van der Waals surface area contributed by atoms with E-state index in [4.69, 9.17) is 10.00 Å². The molecule has 4 heteroatoms. The first-order chi connectivity index (χ1) is 6.69. The Morgan fingerprint density at radius 3 is 2.71 bits per heavy atom. The van der Waals surface area contributed by atoms with Crippen LogP contribution in [-0.2, 0) is 0 Å². The molecule has 0 aliphatic heterocycles. The van der Waals surface area contributed by atoms with Gasteiger partial charge in [-0.3, -0.25) is 0 Å². The van der Waals surface area contributed by atoms with Gasteiger partial charge in [-0.2, -0.15) is 5.26 Å². The van der Waals surface area contributed by atoms with Crippen molar-refractivity contribution in [3.05, 3.63) is 32.7 Å². The van der Waals surface area contributed by atoms with Crippen molar-refractivity contribution in [2.75, 3.05) is 7.11 Å². The second kappa shape index (κ2) is 5.18. The van der Waals surface area contributed by atoms with Crippen molar-refractivity contribution < 1.29 is 4.74 Å². The van der Waals surface area contributed by atoms with Crippen LogP contribution in [0.15, 0.2) is 27.2 Å². The zero-order valence-electron chi connectivity index (χ0n) is 7.42. The number of methoxy groups -OCH3 is 1. The second-order valence-corrected chi connectivity index (χ2v) is 4.24. The number of hydrogen-bond acceptors (Lipinski definition) is 2.